The van der Waals surface area contributed by atoms with E-state index in [1.54, 1.807) is 0 Å². The lowest BCUT2D eigenvalue weighted by atomic mass is 10.1. The number of nitrogens with one attached hydrogen (secondary N) is 1. The Labute approximate surface area is 96.4 Å². The summed E-state index contributed by atoms with van der Waals surface area (Å²) in [7, 11) is 0. The highest BCUT2D eigenvalue weighted by molar-refractivity contribution is 5.88. The quantitative estimate of drug-likeness (QED) is 0.689. The second-order valence-electron chi connectivity index (χ2n) is 5.31. The second-order valence-corrected chi connectivity index (χ2v) is 5.31. The van der Waals surface area contributed by atoms with Crippen LogP contribution in [0.5, 0.6) is 0 Å². The SMILES string of the molecule is CC(C)(C)NC(=O)CN1CCCC(N)C1=O. The molecule has 1 unspecified atom stereocenters. The van der Waals surface area contributed by atoms with Gasteiger partial charge in [0.15, 0.2) is 0 Å². The van der Waals surface area contributed by atoms with Gasteiger partial charge in [-0.3, -0.25) is 9.59 Å². The zero-order valence-electron chi connectivity index (χ0n) is 10.2. The van der Waals surface area contributed by atoms with Crippen LogP contribution < -0.4 is 11.1 Å². The summed E-state index contributed by atoms with van der Waals surface area (Å²) in [5.41, 5.74) is 5.38. The van der Waals surface area contributed by atoms with Crippen molar-refractivity contribution < 1.29 is 9.59 Å². The van der Waals surface area contributed by atoms with Gasteiger partial charge in [0.05, 0.1) is 12.6 Å². The van der Waals surface area contributed by atoms with Gasteiger partial charge in [-0.1, -0.05) is 0 Å². The lowest BCUT2D eigenvalue weighted by Crippen LogP contribution is -2.53. The minimum absolute atomic E-state index is 0.115. The lowest BCUT2D eigenvalue weighted by Gasteiger charge is -2.31. The normalized spacial score (nSPS) is 22.1. The van der Waals surface area contributed by atoms with Crippen LogP contribution in [-0.2, 0) is 9.59 Å². The van der Waals surface area contributed by atoms with Crippen LogP contribution in [0.1, 0.15) is 33.6 Å². The first-order valence-corrected chi connectivity index (χ1v) is 5.65. The van der Waals surface area contributed by atoms with E-state index in [1.165, 1.54) is 4.90 Å². The van der Waals surface area contributed by atoms with Crippen molar-refractivity contribution in [1.82, 2.24) is 10.2 Å². The van der Waals surface area contributed by atoms with E-state index in [0.717, 1.165) is 12.8 Å². The number of nitrogens with two attached hydrogens (primary N) is 1. The minimum Gasteiger partial charge on any atom is -0.350 e. The summed E-state index contributed by atoms with van der Waals surface area (Å²) in [6, 6.07) is -0.434. The molecule has 3 N–H and O–H groups in total. The summed E-state index contributed by atoms with van der Waals surface area (Å²) in [5, 5.41) is 2.83. The maximum absolute atomic E-state index is 11.6. The summed E-state index contributed by atoms with van der Waals surface area (Å²) in [6.45, 7) is 6.48. The topological polar surface area (TPSA) is 75.4 Å². The van der Waals surface area contributed by atoms with Crippen LogP contribution in [0.4, 0.5) is 0 Å². The van der Waals surface area contributed by atoms with Gasteiger partial charge in [-0.15, -0.1) is 0 Å². The number of likely N-dealkylation sites (tertiary alicyclic amines) is 1. The molecule has 16 heavy (non-hydrogen) atoms. The van der Waals surface area contributed by atoms with Crippen LogP contribution in [0.2, 0.25) is 0 Å². The van der Waals surface area contributed by atoms with E-state index in [-0.39, 0.29) is 23.9 Å². The van der Waals surface area contributed by atoms with E-state index >= 15 is 0 Å². The number of hydrogen-bond acceptors (Lipinski definition) is 3. The monoisotopic (exact) mass is 227 g/mol. The molecule has 0 spiro atoms. The molecule has 0 aromatic heterocycles. The fraction of sp³-hybridized carbons (Fsp3) is 0.818. The van der Waals surface area contributed by atoms with Gasteiger partial charge in [0, 0.05) is 12.1 Å². The summed E-state index contributed by atoms with van der Waals surface area (Å²) in [6.07, 6.45) is 1.59. The number of carbonyl (C=O) groups is 2. The third kappa shape index (κ3) is 3.81. The van der Waals surface area contributed by atoms with Gasteiger partial charge >= 0.3 is 0 Å². The Kier molecular flexibility index (Phi) is 3.91. The Morgan fingerprint density at radius 3 is 2.75 bits per heavy atom. The zero-order chi connectivity index (χ0) is 12.3. The molecule has 0 aromatic rings. The molecule has 1 heterocycles. The standard InChI is InChI=1S/C11H21N3O2/c1-11(2,3)13-9(15)7-14-6-4-5-8(12)10(14)16/h8H,4-7,12H2,1-3H3,(H,13,15). The molecular weight excluding hydrogens is 206 g/mol. The highest BCUT2D eigenvalue weighted by Gasteiger charge is 2.27. The first-order valence-electron chi connectivity index (χ1n) is 5.65. The zero-order valence-corrected chi connectivity index (χ0v) is 10.2. The lowest BCUT2D eigenvalue weighted by molar-refractivity contribution is -0.139. The number of rotatable bonds is 2. The predicted molar refractivity (Wildman–Crippen MR) is 61.7 cm³/mol. The molecule has 1 fully saturated rings. The number of hydrogen-bond donors (Lipinski definition) is 2. The minimum atomic E-state index is -0.434. The molecule has 5 heteroatoms. The molecule has 0 bridgehead atoms. The van der Waals surface area contributed by atoms with Crippen molar-refractivity contribution in [1.29, 1.82) is 0 Å². The van der Waals surface area contributed by atoms with Gasteiger partial charge in [-0.2, -0.15) is 0 Å². The highest BCUT2D eigenvalue weighted by atomic mass is 16.2. The van der Waals surface area contributed by atoms with Crippen molar-refractivity contribution >= 4 is 11.8 Å². The molecule has 2 amide bonds. The first-order chi connectivity index (χ1) is 7.29. The summed E-state index contributed by atoms with van der Waals surface area (Å²) < 4.78 is 0. The van der Waals surface area contributed by atoms with Crippen LogP contribution in [0.3, 0.4) is 0 Å². The third-order valence-corrected chi connectivity index (χ3v) is 2.42. The van der Waals surface area contributed by atoms with E-state index in [0.29, 0.717) is 6.54 Å². The molecule has 1 saturated heterocycles. The molecule has 0 radical (unpaired) electrons. The maximum atomic E-state index is 11.6. The van der Waals surface area contributed by atoms with E-state index in [1.807, 2.05) is 20.8 Å². The molecule has 0 aromatic carbocycles. The van der Waals surface area contributed by atoms with Crippen molar-refractivity contribution in [2.75, 3.05) is 13.1 Å². The molecule has 0 saturated carbocycles. The van der Waals surface area contributed by atoms with Gasteiger partial charge < -0.3 is 16.0 Å². The summed E-state index contributed by atoms with van der Waals surface area (Å²) >= 11 is 0. The largest absolute Gasteiger partial charge is 0.350 e. The molecule has 1 aliphatic rings. The fourth-order valence-electron chi connectivity index (χ4n) is 1.76. The Morgan fingerprint density at radius 1 is 1.56 bits per heavy atom. The Balaban J connectivity index is 2.47. The predicted octanol–water partition coefficient (Wildman–Crippen LogP) is -0.149. The van der Waals surface area contributed by atoms with Gasteiger partial charge in [-0.25, -0.2) is 0 Å². The van der Waals surface area contributed by atoms with E-state index < -0.39 is 6.04 Å². The van der Waals surface area contributed by atoms with Crippen molar-refractivity contribution in [3.8, 4) is 0 Å². The van der Waals surface area contributed by atoms with Gasteiger partial charge in [0.1, 0.15) is 0 Å². The van der Waals surface area contributed by atoms with Crippen LogP contribution in [0.15, 0.2) is 0 Å². The van der Waals surface area contributed by atoms with E-state index in [4.69, 9.17) is 5.73 Å². The second kappa shape index (κ2) is 4.82. The average molecular weight is 227 g/mol. The Morgan fingerprint density at radius 2 is 2.19 bits per heavy atom. The molecule has 1 aliphatic heterocycles. The third-order valence-electron chi connectivity index (χ3n) is 2.42. The number of piperidine rings is 1. The van der Waals surface area contributed by atoms with Crippen LogP contribution in [0.25, 0.3) is 0 Å². The van der Waals surface area contributed by atoms with E-state index in [2.05, 4.69) is 5.32 Å². The van der Waals surface area contributed by atoms with Crippen LogP contribution >= 0.6 is 0 Å². The van der Waals surface area contributed by atoms with E-state index in [9.17, 15) is 9.59 Å². The van der Waals surface area contributed by atoms with Crippen LogP contribution in [-0.4, -0.2) is 41.4 Å². The smallest absolute Gasteiger partial charge is 0.240 e. The van der Waals surface area contributed by atoms with Crippen molar-refractivity contribution in [3.63, 3.8) is 0 Å². The molecule has 92 valence electrons. The molecule has 5 nitrogen and oxygen atoms in total. The molecule has 1 atom stereocenters. The maximum Gasteiger partial charge on any atom is 0.240 e. The molecular formula is C11H21N3O2. The van der Waals surface area contributed by atoms with Gasteiger partial charge in [0.2, 0.25) is 11.8 Å². The Hall–Kier alpha value is -1.10. The van der Waals surface area contributed by atoms with Crippen molar-refractivity contribution in [3.05, 3.63) is 0 Å². The Bertz CT molecular complexity index is 283. The number of nitrogens with zero attached hydrogens (tertiary/aromatic N) is 1. The highest BCUT2D eigenvalue weighted by Crippen LogP contribution is 2.09. The molecule has 1 rings (SSSR count). The average Bonchev–Trinajstić information content (AvgIpc) is 2.09. The van der Waals surface area contributed by atoms with Crippen molar-refractivity contribution in [2.45, 2.75) is 45.2 Å². The van der Waals surface area contributed by atoms with Gasteiger partial charge in [0.25, 0.3) is 0 Å². The number of carbonyl (C=O) groups excluding carboxylic acids is 2. The molecule has 0 aliphatic carbocycles. The number of amides is 2. The summed E-state index contributed by atoms with van der Waals surface area (Å²) in [5.74, 6) is -0.245. The van der Waals surface area contributed by atoms with Crippen LogP contribution in [0, 0.1) is 0 Å². The van der Waals surface area contributed by atoms with Gasteiger partial charge in [-0.05, 0) is 33.6 Å². The van der Waals surface area contributed by atoms with Crippen molar-refractivity contribution in [2.24, 2.45) is 5.73 Å². The fourth-order valence-corrected chi connectivity index (χ4v) is 1.76. The first kappa shape index (κ1) is 13.0. The summed E-state index contributed by atoms with van der Waals surface area (Å²) in [4.78, 5) is 24.8.